The Morgan fingerprint density at radius 2 is 1.67 bits per heavy atom. The lowest BCUT2D eigenvalue weighted by Gasteiger charge is -2.21. The lowest BCUT2D eigenvalue weighted by atomic mass is 9.94. The summed E-state index contributed by atoms with van der Waals surface area (Å²) < 4.78 is 7.74. The summed E-state index contributed by atoms with van der Waals surface area (Å²) >= 11 is 0. The summed E-state index contributed by atoms with van der Waals surface area (Å²) in [7, 11) is 5.80. The molecule has 242 valence electrons. The molecule has 0 atom stereocenters. The van der Waals surface area contributed by atoms with Gasteiger partial charge in [0.25, 0.3) is 5.91 Å². The molecule has 1 aliphatic heterocycles. The molecule has 3 heterocycles. The summed E-state index contributed by atoms with van der Waals surface area (Å²) in [5, 5.41) is 13.3. The molecule has 0 aliphatic carbocycles. The lowest BCUT2D eigenvalue weighted by molar-refractivity contribution is 0.102. The predicted octanol–water partition coefficient (Wildman–Crippen LogP) is 5.13. The molecule has 0 bridgehead atoms. The number of nitrogens with zero attached hydrogens (tertiary/aromatic N) is 4. The Hall–Kier alpha value is -4.51. The number of hydrogen-bond acceptors (Lipinski definition) is 8. The van der Waals surface area contributed by atoms with Crippen molar-refractivity contribution in [2.24, 2.45) is 7.05 Å². The third-order valence-corrected chi connectivity index (χ3v) is 8.65. The number of ether oxygens (including phenoxy) is 1. The van der Waals surface area contributed by atoms with Gasteiger partial charge in [0.15, 0.2) is 5.82 Å². The highest BCUT2D eigenvalue weighted by Crippen LogP contribution is 2.35. The first-order valence-electron chi connectivity index (χ1n) is 15.9. The Morgan fingerprint density at radius 1 is 1.00 bits per heavy atom. The maximum Gasteiger partial charge on any atom is 0.274 e. The van der Waals surface area contributed by atoms with Crippen LogP contribution in [0.1, 0.15) is 51.3 Å². The van der Waals surface area contributed by atoms with Crippen molar-refractivity contribution in [3.05, 3.63) is 94.8 Å². The van der Waals surface area contributed by atoms with Crippen LogP contribution >= 0.6 is 0 Å². The van der Waals surface area contributed by atoms with Crippen LogP contribution in [0.15, 0.2) is 55.2 Å². The van der Waals surface area contributed by atoms with Crippen molar-refractivity contribution in [2.45, 2.75) is 40.3 Å². The number of nitrogens with one attached hydrogen (secondary N) is 4. The second-order valence-electron chi connectivity index (χ2n) is 11.8. The van der Waals surface area contributed by atoms with Crippen LogP contribution < -0.4 is 26.0 Å². The highest BCUT2D eigenvalue weighted by molar-refractivity contribution is 6.04. The summed E-state index contributed by atoms with van der Waals surface area (Å²) in [5.41, 5.74) is 10.2. The molecule has 1 aliphatic rings. The maximum atomic E-state index is 13.3. The Kier molecular flexibility index (Phi) is 10.5. The van der Waals surface area contributed by atoms with Gasteiger partial charge in [-0.25, -0.2) is 4.98 Å². The standard InChI is InChI=1S/C36H46N8O2/c1-8-37-16-17-38-20-26-21-39-31(19-34(26)46-7)36(45)42-30-14-10-12-28(24(30)3)27-11-9-13-29(23(27)2)40-25(4)35-41-32-22-43(5)18-15-33(32)44(35)6/h9-14,19,21,37-38,40H,4,8,15-18,20,22H2,1-3,5-7H3,(H,42,45). The van der Waals surface area contributed by atoms with Gasteiger partial charge in [-0.15, -0.1) is 0 Å². The number of benzene rings is 2. The largest absolute Gasteiger partial charge is 0.496 e. The number of fused-ring (bicyclic) bond motifs is 1. The van der Waals surface area contributed by atoms with Crippen molar-refractivity contribution in [1.29, 1.82) is 0 Å². The fourth-order valence-electron chi connectivity index (χ4n) is 5.95. The minimum atomic E-state index is -0.294. The van der Waals surface area contributed by atoms with Crippen molar-refractivity contribution in [2.75, 3.05) is 51.0 Å². The van der Waals surface area contributed by atoms with E-state index in [1.165, 1.54) is 5.69 Å². The van der Waals surface area contributed by atoms with E-state index in [4.69, 9.17) is 9.72 Å². The Labute approximate surface area is 272 Å². The second-order valence-corrected chi connectivity index (χ2v) is 11.8. The normalized spacial score (nSPS) is 12.9. The van der Waals surface area contributed by atoms with Gasteiger partial charge in [-0.3, -0.25) is 9.78 Å². The van der Waals surface area contributed by atoms with Crippen LogP contribution in [0.5, 0.6) is 5.75 Å². The highest BCUT2D eigenvalue weighted by atomic mass is 16.5. The quantitative estimate of drug-likeness (QED) is 0.152. The van der Waals surface area contributed by atoms with Gasteiger partial charge in [-0.05, 0) is 61.8 Å². The van der Waals surface area contributed by atoms with Gasteiger partial charge in [0.05, 0.1) is 18.5 Å². The summed E-state index contributed by atoms with van der Waals surface area (Å²) in [4.78, 5) is 25.0. The monoisotopic (exact) mass is 622 g/mol. The molecule has 2 aromatic heterocycles. The molecule has 0 spiro atoms. The number of hydrogen-bond donors (Lipinski definition) is 4. The van der Waals surface area contributed by atoms with Gasteiger partial charge in [0.2, 0.25) is 0 Å². The summed E-state index contributed by atoms with van der Waals surface area (Å²) in [6.07, 6.45) is 2.68. The number of pyridine rings is 1. The minimum Gasteiger partial charge on any atom is -0.496 e. The third kappa shape index (κ3) is 7.14. The number of aromatic nitrogens is 3. The highest BCUT2D eigenvalue weighted by Gasteiger charge is 2.22. The molecular weight excluding hydrogens is 576 g/mol. The summed E-state index contributed by atoms with van der Waals surface area (Å²) in [6, 6.07) is 13.8. The number of anilines is 2. The van der Waals surface area contributed by atoms with Gasteiger partial charge in [0, 0.05) is 81.1 Å². The van der Waals surface area contributed by atoms with Gasteiger partial charge in [-0.2, -0.15) is 0 Å². The van der Waals surface area contributed by atoms with Crippen molar-refractivity contribution < 1.29 is 9.53 Å². The van der Waals surface area contributed by atoms with Crippen LogP contribution in [0.25, 0.3) is 16.8 Å². The average molecular weight is 623 g/mol. The number of imidazole rings is 1. The van der Waals surface area contributed by atoms with Crippen molar-refractivity contribution >= 4 is 23.0 Å². The van der Waals surface area contributed by atoms with Gasteiger partial charge >= 0.3 is 0 Å². The van der Waals surface area contributed by atoms with Gasteiger partial charge in [0.1, 0.15) is 11.4 Å². The smallest absolute Gasteiger partial charge is 0.274 e. The van der Waals surface area contributed by atoms with E-state index in [9.17, 15) is 4.79 Å². The fourth-order valence-corrected chi connectivity index (χ4v) is 5.95. The number of methoxy groups -OCH3 is 1. The average Bonchev–Trinajstić information content (AvgIpc) is 3.38. The van der Waals surface area contributed by atoms with Crippen molar-refractivity contribution in [1.82, 2.24) is 30.1 Å². The summed E-state index contributed by atoms with van der Waals surface area (Å²) in [6.45, 7) is 15.7. The molecule has 0 fully saturated rings. The molecule has 0 saturated heterocycles. The Bertz CT molecular complexity index is 1730. The first-order chi connectivity index (χ1) is 22.2. The molecule has 1 amide bonds. The van der Waals surface area contributed by atoms with E-state index >= 15 is 0 Å². The SMILES string of the molecule is C=C(Nc1cccc(-c2cccc(NC(=O)c3cc(OC)c(CNCCNCC)cn3)c2C)c1C)c1nc2c(n1C)CCN(C)C2. The molecule has 0 radical (unpaired) electrons. The van der Waals surface area contributed by atoms with E-state index < -0.39 is 0 Å². The van der Waals surface area contributed by atoms with Gasteiger partial charge < -0.3 is 35.5 Å². The Morgan fingerprint density at radius 3 is 2.35 bits per heavy atom. The molecule has 0 saturated carbocycles. The second kappa shape index (κ2) is 14.7. The zero-order chi connectivity index (χ0) is 32.8. The van der Waals surface area contributed by atoms with E-state index in [1.54, 1.807) is 19.4 Å². The van der Waals surface area contributed by atoms with E-state index in [2.05, 4.69) is 88.4 Å². The summed E-state index contributed by atoms with van der Waals surface area (Å²) in [5.74, 6) is 1.18. The number of carbonyl (C=O) groups excluding carboxylic acids is 1. The number of likely N-dealkylation sites (N-methyl/N-ethyl adjacent to an activating group) is 2. The molecule has 4 N–H and O–H groups in total. The van der Waals surface area contributed by atoms with Crippen molar-refractivity contribution in [3.8, 4) is 16.9 Å². The first kappa shape index (κ1) is 32.9. The van der Waals surface area contributed by atoms with E-state index in [1.807, 2.05) is 25.1 Å². The molecule has 5 rings (SSSR count). The van der Waals surface area contributed by atoms with E-state index in [0.717, 1.165) is 95.6 Å². The molecule has 2 aromatic carbocycles. The van der Waals surface area contributed by atoms with Crippen molar-refractivity contribution in [3.63, 3.8) is 0 Å². The van der Waals surface area contributed by atoms with Crippen LogP contribution in [0.2, 0.25) is 0 Å². The van der Waals surface area contributed by atoms with E-state index in [-0.39, 0.29) is 5.91 Å². The van der Waals surface area contributed by atoms with Crippen LogP contribution in [0.4, 0.5) is 11.4 Å². The number of rotatable bonds is 13. The Balaban J connectivity index is 1.32. The van der Waals surface area contributed by atoms with Gasteiger partial charge in [-0.1, -0.05) is 37.8 Å². The van der Waals surface area contributed by atoms with Crippen LogP contribution in [-0.2, 0) is 26.6 Å². The predicted molar refractivity (Wildman–Crippen MR) is 186 cm³/mol. The fraction of sp³-hybridized carbons (Fsp3) is 0.361. The molecule has 4 aromatic rings. The van der Waals surface area contributed by atoms with Crippen LogP contribution in [0, 0.1) is 13.8 Å². The molecule has 10 heteroatoms. The van der Waals surface area contributed by atoms with Crippen LogP contribution in [0.3, 0.4) is 0 Å². The molecular formula is C36H46N8O2. The zero-order valence-corrected chi connectivity index (χ0v) is 27.9. The molecule has 46 heavy (non-hydrogen) atoms. The van der Waals surface area contributed by atoms with Crippen LogP contribution in [-0.4, -0.2) is 65.7 Å². The zero-order valence-electron chi connectivity index (χ0n) is 27.9. The van der Waals surface area contributed by atoms with E-state index in [0.29, 0.717) is 18.0 Å². The minimum absolute atomic E-state index is 0.293. The molecule has 10 nitrogen and oxygen atoms in total. The maximum absolute atomic E-state index is 13.3. The molecule has 0 unspecified atom stereocenters. The first-order valence-corrected chi connectivity index (χ1v) is 15.9. The number of amides is 1. The third-order valence-electron chi connectivity index (χ3n) is 8.65. The number of carbonyl (C=O) groups is 1. The lowest BCUT2D eigenvalue weighted by Crippen LogP contribution is -2.27. The topological polar surface area (TPSA) is 108 Å².